The molecule has 4 rings (SSSR count). The Labute approximate surface area is 188 Å². The molecule has 2 aromatic carbocycles. The first-order chi connectivity index (χ1) is 15.4. The lowest BCUT2D eigenvalue weighted by Gasteiger charge is -2.08. The predicted molar refractivity (Wildman–Crippen MR) is 121 cm³/mol. The Hall–Kier alpha value is -3.58. The number of pyridine rings is 1. The van der Waals surface area contributed by atoms with Crippen molar-refractivity contribution in [2.75, 3.05) is 7.11 Å². The van der Waals surface area contributed by atoms with Crippen LogP contribution in [0.5, 0.6) is 11.5 Å². The smallest absolute Gasteiger partial charge is 0.348 e. The number of methoxy groups -OCH3 is 1. The first-order valence-electron chi connectivity index (χ1n) is 9.93. The SMILES string of the molecule is COC(=O)c1cc2nccc(Oc3ccc(CC(=O)Cc4cc(C)ccc4F)cc3)c2s1. The summed E-state index contributed by atoms with van der Waals surface area (Å²) in [5, 5.41) is 0. The maximum Gasteiger partial charge on any atom is 0.348 e. The van der Waals surface area contributed by atoms with Gasteiger partial charge in [-0.05, 0) is 42.3 Å². The molecule has 0 aliphatic carbocycles. The Bertz CT molecular complexity index is 1300. The van der Waals surface area contributed by atoms with Crippen molar-refractivity contribution in [2.45, 2.75) is 19.8 Å². The molecule has 5 nitrogen and oxygen atoms in total. The third-order valence-corrected chi connectivity index (χ3v) is 6.02. The highest BCUT2D eigenvalue weighted by molar-refractivity contribution is 7.21. The number of hydrogen-bond acceptors (Lipinski definition) is 6. The van der Waals surface area contributed by atoms with Crippen LogP contribution in [0.1, 0.15) is 26.4 Å². The maximum absolute atomic E-state index is 13.9. The summed E-state index contributed by atoms with van der Waals surface area (Å²) in [5.41, 5.74) is 2.81. The molecule has 0 aliphatic heterocycles. The van der Waals surface area contributed by atoms with Crippen molar-refractivity contribution in [2.24, 2.45) is 0 Å². The van der Waals surface area contributed by atoms with Crippen LogP contribution in [-0.4, -0.2) is 23.8 Å². The second kappa shape index (κ2) is 9.28. The highest BCUT2D eigenvalue weighted by atomic mass is 32.1. The zero-order valence-electron chi connectivity index (χ0n) is 17.6. The molecule has 0 spiro atoms. The molecule has 4 aromatic rings. The van der Waals surface area contributed by atoms with Gasteiger partial charge in [-0.1, -0.05) is 29.8 Å². The number of nitrogens with zero attached hydrogens (tertiary/aromatic N) is 1. The zero-order valence-corrected chi connectivity index (χ0v) is 18.4. The average Bonchev–Trinajstić information content (AvgIpc) is 3.22. The van der Waals surface area contributed by atoms with Crippen molar-refractivity contribution >= 4 is 33.3 Å². The van der Waals surface area contributed by atoms with E-state index in [4.69, 9.17) is 9.47 Å². The predicted octanol–water partition coefficient (Wildman–Crippen LogP) is 5.68. The molecule has 0 radical (unpaired) electrons. The van der Waals surface area contributed by atoms with Crippen molar-refractivity contribution in [3.63, 3.8) is 0 Å². The van der Waals surface area contributed by atoms with Crippen LogP contribution in [0.25, 0.3) is 10.2 Å². The molecule has 7 heteroatoms. The molecule has 0 unspecified atom stereocenters. The second-order valence-electron chi connectivity index (χ2n) is 7.36. The fraction of sp³-hybridized carbons (Fsp3) is 0.160. The summed E-state index contributed by atoms with van der Waals surface area (Å²) in [5.74, 6) is 0.326. The highest BCUT2D eigenvalue weighted by Crippen LogP contribution is 2.35. The fourth-order valence-corrected chi connectivity index (χ4v) is 4.32. The first kappa shape index (κ1) is 21.6. The Morgan fingerprint density at radius 1 is 1.03 bits per heavy atom. The highest BCUT2D eigenvalue weighted by Gasteiger charge is 2.15. The lowest BCUT2D eigenvalue weighted by Crippen LogP contribution is -2.08. The van der Waals surface area contributed by atoms with Crippen LogP contribution < -0.4 is 4.74 Å². The van der Waals surface area contributed by atoms with E-state index < -0.39 is 5.97 Å². The molecule has 0 saturated heterocycles. The quantitative estimate of drug-likeness (QED) is 0.340. The molecule has 0 fully saturated rings. The van der Waals surface area contributed by atoms with Gasteiger partial charge in [-0.3, -0.25) is 9.78 Å². The number of fused-ring (bicyclic) bond motifs is 1. The van der Waals surface area contributed by atoms with Crippen LogP contribution in [-0.2, 0) is 22.4 Å². The summed E-state index contributed by atoms with van der Waals surface area (Å²) in [4.78, 5) is 28.9. The van der Waals surface area contributed by atoms with Gasteiger partial charge in [0.05, 0.1) is 17.3 Å². The minimum Gasteiger partial charge on any atom is -0.465 e. The van der Waals surface area contributed by atoms with Crippen LogP contribution in [0.4, 0.5) is 4.39 Å². The minimum absolute atomic E-state index is 0.0572. The number of ether oxygens (including phenoxy) is 2. The van der Waals surface area contributed by atoms with E-state index in [0.29, 0.717) is 27.5 Å². The van der Waals surface area contributed by atoms with Gasteiger partial charge in [0.1, 0.15) is 28.0 Å². The molecule has 162 valence electrons. The number of thiophene rings is 1. The zero-order chi connectivity index (χ0) is 22.7. The van der Waals surface area contributed by atoms with E-state index in [9.17, 15) is 14.0 Å². The van der Waals surface area contributed by atoms with Gasteiger partial charge in [-0.25, -0.2) is 9.18 Å². The topological polar surface area (TPSA) is 65.5 Å². The molecule has 2 aromatic heterocycles. The van der Waals surface area contributed by atoms with Gasteiger partial charge in [0.2, 0.25) is 0 Å². The first-order valence-corrected chi connectivity index (χ1v) is 10.7. The van der Waals surface area contributed by atoms with Crippen LogP contribution in [0.3, 0.4) is 0 Å². The number of rotatable bonds is 7. The molecule has 0 saturated carbocycles. The molecule has 0 bridgehead atoms. The van der Waals surface area contributed by atoms with Gasteiger partial charge >= 0.3 is 5.97 Å². The molecule has 0 aliphatic rings. The fourth-order valence-electron chi connectivity index (χ4n) is 3.34. The Morgan fingerprint density at radius 2 is 1.81 bits per heavy atom. The Kier molecular flexibility index (Phi) is 6.28. The molecule has 0 N–H and O–H groups in total. The largest absolute Gasteiger partial charge is 0.465 e. The third-order valence-electron chi connectivity index (χ3n) is 4.90. The number of esters is 1. The number of hydrogen-bond donors (Lipinski definition) is 0. The van der Waals surface area contributed by atoms with E-state index in [0.717, 1.165) is 15.8 Å². The number of aromatic nitrogens is 1. The minimum atomic E-state index is -0.418. The average molecular weight is 450 g/mol. The number of carbonyl (C=O) groups excluding carboxylic acids is 2. The lowest BCUT2D eigenvalue weighted by molar-refractivity contribution is -0.117. The van der Waals surface area contributed by atoms with Crippen LogP contribution in [0, 0.1) is 12.7 Å². The molecule has 0 atom stereocenters. The van der Waals surface area contributed by atoms with E-state index in [1.165, 1.54) is 24.5 Å². The maximum atomic E-state index is 13.9. The number of halogens is 1. The summed E-state index contributed by atoms with van der Waals surface area (Å²) in [6.07, 6.45) is 1.88. The van der Waals surface area contributed by atoms with Crippen molar-refractivity contribution in [1.29, 1.82) is 0 Å². The molecular formula is C25H20FNO4S. The Morgan fingerprint density at radius 3 is 2.56 bits per heavy atom. The molecule has 2 heterocycles. The number of ketones is 1. The number of carbonyl (C=O) groups is 2. The standard InChI is InChI=1S/C25H20FNO4S/c1-15-3-8-20(26)17(11-15)13-18(28)12-16-4-6-19(7-5-16)31-22-9-10-27-21-14-23(25(29)30-2)32-24(21)22/h3-11,14H,12-13H2,1-2H3. The summed E-state index contributed by atoms with van der Waals surface area (Å²) < 4.78 is 25.4. The molecule has 32 heavy (non-hydrogen) atoms. The van der Waals surface area contributed by atoms with E-state index in [2.05, 4.69) is 4.98 Å². The summed E-state index contributed by atoms with van der Waals surface area (Å²) in [6, 6.07) is 15.4. The van der Waals surface area contributed by atoms with Crippen LogP contribution in [0.15, 0.2) is 60.8 Å². The number of benzene rings is 2. The van der Waals surface area contributed by atoms with E-state index >= 15 is 0 Å². The van der Waals surface area contributed by atoms with Crippen LogP contribution >= 0.6 is 11.3 Å². The van der Waals surface area contributed by atoms with Gasteiger partial charge in [0.15, 0.2) is 0 Å². The van der Waals surface area contributed by atoms with Gasteiger partial charge in [-0.2, -0.15) is 0 Å². The summed E-state index contributed by atoms with van der Waals surface area (Å²) >= 11 is 1.25. The number of Topliss-reactive ketones (excluding diaryl/α,β-unsaturated/α-hetero) is 1. The van der Waals surface area contributed by atoms with Crippen molar-refractivity contribution in [3.05, 3.63) is 88.2 Å². The van der Waals surface area contributed by atoms with Crippen LogP contribution in [0.2, 0.25) is 0 Å². The van der Waals surface area contributed by atoms with E-state index in [-0.39, 0.29) is 24.4 Å². The van der Waals surface area contributed by atoms with E-state index in [1.54, 1.807) is 42.6 Å². The van der Waals surface area contributed by atoms with Gasteiger partial charge in [0, 0.05) is 25.1 Å². The normalized spacial score (nSPS) is 10.8. The second-order valence-corrected chi connectivity index (χ2v) is 8.41. The van der Waals surface area contributed by atoms with E-state index in [1.807, 2.05) is 19.1 Å². The summed E-state index contributed by atoms with van der Waals surface area (Å²) in [7, 11) is 1.33. The molecular weight excluding hydrogens is 429 g/mol. The van der Waals surface area contributed by atoms with Gasteiger partial charge < -0.3 is 9.47 Å². The Balaban J connectivity index is 1.45. The van der Waals surface area contributed by atoms with Crippen molar-refractivity contribution in [1.82, 2.24) is 4.98 Å². The van der Waals surface area contributed by atoms with Gasteiger partial charge in [0.25, 0.3) is 0 Å². The van der Waals surface area contributed by atoms with Gasteiger partial charge in [-0.15, -0.1) is 11.3 Å². The molecule has 0 amide bonds. The van der Waals surface area contributed by atoms with Crippen molar-refractivity contribution in [3.8, 4) is 11.5 Å². The number of aryl methyl sites for hydroxylation is 1. The lowest BCUT2D eigenvalue weighted by atomic mass is 10.0. The third kappa shape index (κ3) is 4.84. The summed E-state index contributed by atoms with van der Waals surface area (Å²) in [6.45, 7) is 1.87. The van der Waals surface area contributed by atoms with Crippen molar-refractivity contribution < 1.29 is 23.5 Å². The monoisotopic (exact) mass is 449 g/mol.